The monoisotopic (exact) mass is 298 g/mol. The van der Waals surface area contributed by atoms with Crippen LogP contribution in [0.2, 0.25) is 0 Å². The van der Waals surface area contributed by atoms with Crippen LogP contribution in [0.1, 0.15) is 6.42 Å². The van der Waals surface area contributed by atoms with Crippen LogP contribution in [0.15, 0.2) is 72.2 Å². The third-order valence-corrected chi connectivity index (χ3v) is 6.59. The van der Waals surface area contributed by atoms with Gasteiger partial charge in [-0.15, -0.1) is 0 Å². The minimum Gasteiger partial charge on any atom is -0.500 e. The van der Waals surface area contributed by atoms with Gasteiger partial charge in [0.05, 0.1) is 18.2 Å². The van der Waals surface area contributed by atoms with Crippen LogP contribution in [0.4, 0.5) is 0 Å². The normalized spacial score (nSPS) is 15.2. The standard InChI is InChI=1S/C17H15O3P/c18-16-11-12-20-13-17(16)21(19,14-7-3-1-4-8-14)15-9-5-2-6-10-15/h1-10,13H,11-12H2. The van der Waals surface area contributed by atoms with Gasteiger partial charge >= 0.3 is 0 Å². The Hall–Kier alpha value is -2.12. The summed E-state index contributed by atoms with van der Waals surface area (Å²) >= 11 is 0. The largest absolute Gasteiger partial charge is 0.500 e. The fourth-order valence-corrected chi connectivity index (χ4v) is 5.16. The predicted octanol–water partition coefficient (Wildman–Crippen LogP) is 2.83. The number of benzene rings is 2. The highest BCUT2D eigenvalue weighted by molar-refractivity contribution is 7.83. The van der Waals surface area contributed by atoms with Crippen molar-refractivity contribution in [3.8, 4) is 0 Å². The smallest absolute Gasteiger partial charge is 0.177 e. The van der Waals surface area contributed by atoms with Crippen molar-refractivity contribution in [1.29, 1.82) is 0 Å². The lowest BCUT2D eigenvalue weighted by atomic mass is 10.2. The van der Waals surface area contributed by atoms with Crippen LogP contribution < -0.4 is 10.6 Å². The lowest BCUT2D eigenvalue weighted by molar-refractivity contribution is -0.116. The molecule has 0 aliphatic carbocycles. The SMILES string of the molecule is O=C1CCOC=C1P(=O)(c1ccccc1)c1ccccc1. The summed E-state index contributed by atoms with van der Waals surface area (Å²) in [6, 6.07) is 18.3. The molecule has 0 fully saturated rings. The molecule has 0 saturated heterocycles. The Bertz CT molecular complexity index is 677. The van der Waals surface area contributed by atoms with Crippen molar-refractivity contribution in [2.24, 2.45) is 0 Å². The summed E-state index contributed by atoms with van der Waals surface area (Å²) in [6.45, 7) is 0.353. The first-order valence-corrected chi connectivity index (χ1v) is 8.50. The molecule has 1 aliphatic heterocycles. The van der Waals surface area contributed by atoms with E-state index in [9.17, 15) is 9.36 Å². The summed E-state index contributed by atoms with van der Waals surface area (Å²) in [5.41, 5.74) is 0. The second-order valence-electron chi connectivity index (χ2n) is 4.83. The van der Waals surface area contributed by atoms with Gasteiger partial charge in [-0.2, -0.15) is 0 Å². The Morgan fingerprint density at radius 3 is 1.86 bits per heavy atom. The molecule has 1 heterocycles. The zero-order chi connectivity index (χ0) is 14.7. The molecule has 4 heteroatoms. The Morgan fingerprint density at radius 2 is 1.38 bits per heavy atom. The van der Waals surface area contributed by atoms with Gasteiger partial charge in [0.15, 0.2) is 12.9 Å². The Labute approximate surface area is 123 Å². The fourth-order valence-electron chi connectivity index (χ4n) is 2.44. The van der Waals surface area contributed by atoms with E-state index < -0.39 is 7.14 Å². The van der Waals surface area contributed by atoms with Gasteiger partial charge in [0.25, 0.3) is 0 Å². The van der Waals surface area contributed by atoms with Crippen LogP contribution in [0, 0.1) is 0 Å². The van der Waals surface area contributed by atoms with Crippen LogP contribution in [-0.4, -0.2) is 12.4 Å². The van der Waals surface area contributed by atoms with Crippen molar-refractivity contribution in [1.82, 2.24) is 0 Å². The number of carbonyl (C=O) groups excluding carboxylic acids is 1. The van der Waals surface area contributed by atoms with Crippen molar-refractivity contribution in [3.63, 3.8) is 0 Å². The maximum absolute atomic E-state index is 13.8. The zero-order valence-electron chi connectivity index (χ0n) is 11.4. The summed E-state index contributed by atoms with van der Waals surface area (Å²) in [5.74, 6) is -0.0997. The lowest BCUT2D eigenvalue weighted by Crippen LogP contribution is -2.23. The maximum atomic E-state index is 13.8. The van der Waals surface area contributed by atoms with E-state index in [1.165, 1.54) is 6.26 Å². The van der Waals surface area contributed by atoms with E-state index in [0.29, 0.717) is 17.2 Å². The number of allylic oxidation sites excluding steroid dienone is 1. The van der Waals surface area contributed by atoms with Gasteiger partial charge in [-0.05, 0) is 0 Å². The summed E-state index contributed by atoms with van der Waals surface area (Å²) in [4.78, 5) is 12.3. The zero-order valence-corrected chi connectivity index (χ0v) is 12.3. The molecule has 3 nitrogen and oxygen atoms in total. The highest BCUT2D eigenvalue weighted by Crippen LogP contribution is 2.52. The van der Waals surface area contributed by atoms with Crippen molar-refractivity contribution in [2.45, 2.75) is 6.42 Å². The molecule has 0 spiro atoms. The minimum absolute atomic E-state index is 0.0997. The Balaban J connectivity index is 2.24. The fraction of sp³-hybridized carbons (Fsp3) is 0.118. The molecule has 2 aromatic carbocycles. The number of rotatable bonds is 3. The number of carbonyl (C=O) groups is 1. The molecule has 0 N–H and O–H groups in total. The molecule has 0 amide bonds. The number of ketones is 1. The molecule has 2 aromatic rings. The van der Waals surface area contributed by atoms with Crippen LogP contribution in [-0.2, 0) is 14.1 Å². The van der Waals surface area contributed by atoms with Crippen molar-refractivity contribution in [3.05, 3.63) is 72.2 Å². The molecule has 0 atom stereocenters. The first-order valence-electron chi connectivity index (χ1n) is 6.80. The molecule has 21 heavy (non-hydrogen) atoms. The van der Waals surface area contributed by atoms with E-state index >= 15 is 0 Å². The molecular formula is C17H15O3P. The van der Waals surface area contributed by atoms with E-state index in [-0.39, 0.29) is 17.5 Å². The van der Waals surface area contributed by atoms with Crippen LogP contribution >= 0.6 is 7.14 Å². The van der Waals surface area contributed by atoms with Crippen LogP contribution in [0.25, 0.3) is 0 Å². The summed E-state index contributed by atoms with van der Waals surface area (Å²) in [5, 5.41) is 1.59. The van der Waals surface area contributed by atoms with Gasteiger partial charge in [-0.3, -0.25) is 4.79 Å². The van der Waals surface area contributed by atoms with Gasteiger partial charge in [-0.1, -0.05) is 60.7 Å². The van der Waals surface area contributed by atoms with Crippen molar-refractivity contribution >= 4 is 23.5 Å². The summed E-state index contributed by atoms with van der Waals surface area (Å²) < 4.78 is 19.1. The van der Waals surface area contributed by atoms with Crippen LogP contribution in [0.5, 0.6) is 0 Å². The van der Waals surface area contributed by atoms with Gasteiger partial charge in [-0.25, -0.2) is 0 Å². The number of hydrogen-bond acceptors (Lipinski definition) is 3. The van der Waals surface area contributed by atoms with Crippen molar-refractivity contribution in [2.75, 3.05) is 6.61 Å². The predicted molar refractivity (Wildman–Crippen MR) is 83.4 cm³/mol. The van der Waals surface area contributed by atoms with E-state index in [2.05, 4.69) is 0 Å². The second kappa shape index (κ2) is 5.71. The van der Waals surface area contributed by atoms with E-state index in [4.69, 9.17) is 4.74 Å². The average Bonchev–Trinajstić information content (AvgIpc) is 2.56. The molecule has 1 aliphatic rings. The highest BCUT2D eigenvalue weighted by Gasteiger charge is 2.37. The molecule has 3 rings (SSSR count). The molecule has 0 saturated carbocycles. The van der Waals surface area contributed by atoms with Crippen molar-refractivity contribution < 1.29 is 14.1 Å². The molecule has 0 radical (unpaired) electrons. The first-order chi connectivity index (χ1) is 10.2. The third kappa shape index (κ3) is 2.45. The Kier molecular flexibility index (Phi) is 3.76. The summed E-state index contributed by atoms with van der Waals surface area (Å²) in [7, 11) is -3.17. The lowest BCUT2D eigenvalue weighted by Gasteiger charge is -2.23. The van der Waals surface area contributed by atoms with Gasteiger partial charge in [0.1, 0.15) is 0 Å². The quantitative estimate of drug-likeness (QED) is 0.818. The second-order valence-corrected chi connectivity index (χ2v) is 7.56. The van der Waals surface area contributed by atoms with Gasteiger partial charge in [0.2, 0.25) is 0 Å². The van der Waals surface area contributed by atoms with Gasteiger partial charge < -0.3 is 9.30 Å². The highest BCUT2D eigenvalue weighted by atomic mass is 31.2. The van der Waals surface area contributed by atoms with Gasteiger partial charge in [0, 0.05) is 17.0 Å². The molecule has 0 unspecified atom stereocenters. The maximum Gasteiger partial charge on any atom is 0.177 e. The first kappa shape index (κ1) is 13.8. The van der Waals surface area contributed by atoms with Crippen LogP contribution in [0.3, 0.4) is 0 Å². The third-order valence-electron chi connectivity index (χ3n) is 3.51. The number of Topliss-reactive ketones (excluding diaryl/α,β-unsaturated/α-hetero) is 1. The number of ether oxygens (including phenoxy) is 1. The molecular weight excluding hydrogens is 283 g/mol. The average molecular weight is 298 g/mol. The summed E-state index contributed by atoms with van der Waals surface area (Å²) in [6.07, 6.45) is 1.65. The molecule has 0 aromatic heterocycles. The molecule has 106 valence electrons. The minimum atomic E-state index is -3.17. The molecule has 0 bridgehead atoms. The Morgan fingerprint density at radius 1 is 0.857 bits per heavy atom. The number of hydrogen-bond donors (Lipinski definition) is 0. The van der Waals surface area contributed by atoms with E-state index in [1.54, 1.807) is 24.3 Å². The topological polar surface area (TPSA) is 43.4 Å². The van der Waals surface area contributed by atoms with E-state index in [0.717, 1.165) is 0 Å². The van der Waals surface area contributed by atoms with E-state index in [1.807, 2.05) is 36.4 Å².